The predicted molar refractivity (Wildman–Crippen MR) is 82.7 cm³/mol. The number of nitrogens with zero attached hydrogens (tertiary/aromatic N) is 1. The Kier molecular flexibility index (Phi) is 6.67. The lowest BCUT2D eigenvalue weighted by Crippen LogP contribution is -2.36. The van der Waals surface area contributed by atoms with E-state index >= 15 is 0 Å². The Bertz CT molecular complexity index is 388. The smallest absolute Gasteiger partial charge is 0.138 e. The molecule has 3 heteroatoms. The van der Waals surface area contributed by atoms with Gasteiger partial charge in [-0.25, -0.2) is 0 Å². The highest BCUT2D eigenvalue weighted by Gasteiger charge is 2.18. The van der Waals surface area contributed by atoms with Crippen LogP contribution in [0.4, 0.5) is 0 Å². The quantitative estimate of drug-likeness (QED) is 0.784. The van der Waals surface area contributed by atoms with Gasteiger partial charge >= 0.3 is 0 Å². The lowest BCUT2D eigenvalue weighted by molar-refractivity contribution is 0.156. The Labute approximate surface area is 122 Å². The van der Waals surface area contributed by atoms with Crippen molar-refractivity contribution in [1.82, 2.24) is 4.90 Å². The van der Waals surface area contributed by atoms with Gasteiger partial charge in [0.2, 0.25) is 0 Å². The van der Waals surface area contributed by atoms with Gasteiger partial charge in [0, 0.05) is 24.7 Å². The molecule has 0 spiro atoms. The fourth-order valence-corrected chi connectivity index (χ4v) is 2.72. The molecule has 1 rings (SSSR count). The maximum atomic E-state index is 10.0. The van der Waals surface area contributed by atoms with E-state index in [0.29, 0.717) is 17.0 Å². The molecule has 1 N–H and O–H groups in total. The summed E-state index contributed by atoms with van der Waals surface area (Å²) in [7, 11) is 0. The summed E-state index contributed by atoms with van der Waals surface area (Å²) < 4.78 is 0. The fraction of sp³-hybridized carbons (Fsp3) is 0.625. The molecule has 0 bridgehead atoms. The van der Waals surface area contributed by atoms with Crippen LogP contribution in [-0.4, -0.2) is 22.6 Å². The molecule has 0 unspecified atom stereocenters. The Balaban J connectivity index is 2.90. The summed E-state index contributed by atoms with van der Waals surface area (Å²) in [6.45, 7) is 10.7. The van der Waals surface area contributed by atoms with Crippen molar-refractivity contribution in [2.24, 2.45) is 5.92 Å². The molecule has 0 atom stereocenters. The van der Waals surface area contributed by atoms with Crippen LogP contribution in [0, 0.1) is 5.92 Å². The van der Waals surface area contributed by atoms with Gasteiger partial charge < -0.3 is 5.11 Å². The molecule has 0 heterocycles. The number of para-hydroxylation sites is 1. The van der Waals surface area contributed by atoms with E-state index in [2.05, 4.69) is 32.6 Å². The third-order valence-electron chi connectivity index (χ3n) is 3.50. The minimum Gasteiger partial charge on any atom is -0.506 e. The number of phenols is 1. The van der Waals surface area contributed by atoms with E-state index in [-0.39, 0.29) is 5.75 Å². The molecule has 2 nitrogen and oxygen atoms in total. The molecule has 0 radical (unpaired) electrons. The average molecular weight is 284 g/mol. The number of hydrogen-bond acceptors (Lipinski definition) is 2. The highest BCUT2D eigenvalue weighted by atomic mass is 35.5. The Morgan fingerprint density at radius 1 is 1.21 bits per heavy atom. The molecule has 19 heavy (non-hydrogen) atoms. The number of hydrogen-bond donors (Lipinski definition) is 1. The van der Waals surface area contributed by atoms with Crippen molar-refractivity contribution in [3.8, 4) is 5.75 Å². The lowest BCUT2D eigenvalue weighted by Gasteiger charge is -2.32. The first-order chi connectivity index (χ1) is 8.99. The Morgan fingerprint density at radius 2 is 1.84 bits per heavy atom. The SMILES string of the molecule is CCC(CC)N(Cc1cccc(Cl)c1O)CC(C)C. The number of halogens is 1. The monoisotopic (exact) mass is 283 g/mol. The Hall–Kier alpha value is -0.730. The van der Waals surface area contributed by atoms with Crippen LogP contribution in [0.2, 0.25) is 5.02 Å². The van der Waals surface area contributed by atoms with Crippen molar-refractivity contribution in [2.45, 2.75) is 53.1 Å². The van der Waals surface area contributed by atoms with Crippen LogP contribution in [0.15, 0.2) is 18.2 Å². The van der Waals surface area contributed by atoms with Crippen LogP contribution in [0.5, 0.6) is 5.75 Å². The van der Waals surface area contributed by atoms with Crippen LogP contribution in [-0.2, 0) is 6.54 Å². The van der Waals surface area contributed by atoms with Gasteiger partial charge in [0.15, 0.2) is 0 Å². The van der Waals surface area contributed by atoms with E-state index in [4.69, 9.17) is 11.6 Å². The average Bonchev–Trinajstić information content (AvgIpc) is 2.35. The fourth-order valence-electron chi connectivity index (χ4n) is 2.52. The second-order valence-corrected chi connectivity index (χ2v) is 5.95. The number of benzene rings is 1. The summed E-state index contributed by atoms with van der Waals surface area (Å²) in [5.41, 5.74) is 0.917. The van der Waals surface area contributed by atoms with Crippen LogP contribution in [0.1, 0.15) is 46.1 Å². The predicted octanol–water partition coefficient (Wildman–Crippen LogP) is 4.69. The summed E-state index contributed by atoms with van der Waals surface area (Å²) in [5.74, 6) is 0.839. The standard InChI is InChI=1S/C16H26ClNO/c1-5-14(6-2)18(10-12(3)4)11-13-8-7-9-15(17)16(13)19/h7-9,12,14,19H,5-6,10-11H2,1-4H3. The summed E-state index contributed by atoms with van der Waals surface area (Å²) in [6.07, 6.45) is 2.26. The molecule has 0 aliphatic heterocycles. The highest BCUT2D eigenvalue weighted by molar-refractivity contribution is 6.32. The maximum absolute atomic E-state index is 10.0. The van der Waals surface area contributed by atoms with E-state index in [1.54, 1.807) is 6.07 Å². The van der Waals surface area contributed by atoms with Gasteiger partial charge in [0.1, 0.15) is 5.75 Å². The van der Waals surface area contributed by atoms with Gasteiger partial charge in [-0.05, 0) is 24.8 Å². The first-order valence-corrected chi connectivity index (χ1v) is 7.57. The van der Waals surface area contributed by atoms with Crippen molar-refractivity contribution in [2.75, 3.05) is 6.54 Å². The Morgan fingerprint density at radius 3 is 2.37 bits per heavy atom. The third kappa shape index (κ3) is 4.70. The van der Waals surface area contributed by atoms with E-state index < -0.39 is 0 Å². The van der Waals surface area contributed by atoms with Crippen molar-refractivity contribution in [3.05, 3.63) is 28.8 Å². The molecule has 0 saturated carbocycles. The normalized spacial score (nSPS) is 11.8. The molecule has 108 valence electrons. The van der Waals surface area contributed by atoms with Crippen molar-refractivity contribution in [1.29, 1.82) is 0 Å². The molecule has 0 aromatic heterocycles. The van der Waals surface area contributed by atoms with Gasteiger partial charge in [-0.3, -0.25) is 4.90 Å². The molecule has 1 aromatic rings. The zero-order valence-corrected chi connectivity index (χ0v) is 13.2. The van der Waals surface area contributed by atoms with Gasteiger partial charge in [-0.15, -0.1) is 0 Å². The van der Waals surface area contributed by atoms with Crippen LogP contribution >= 0.6 is 11.6 Å². The van der Waals surface area contributed by atoms with Crippen LogP contribution in [0.25, 0.3) is 0 Å². The summed E-state index contributed by atoms with van der Waals surface area (Å²) >= 11 is 5.98. The summed E-state index contributed by atoms with van der Waals surface area (Å²) in [5, 5.41) is 10.5. The molecule has 0 aliphatic rings. The second kappa shape index (κ2) is 7.76. The number of phenolic OH excluding ortho intramolecular Hbond substituents is 1. The summed E-state index contributed by atoms with van der Waals surface area (Å²) in [6, 6.07) is 6.14. The lowest BCUT2D eigenvalue weighted by atomic mass is 10.1. The second-order valence-electron chi connectivity index (χ2n) is 5.54. The largest absolute Gasteiger partial charge is 0.506 e. The van der Waals surface area contributed by atoms with Gasteiger partial charge in [-0.2, -0.15) is 0 Å². The first-order valence-electron chi connectivity index (χ1n) is 7.19. The number of aromatic hydroxyl groups is 1. The molecule has 1 aromatic carbocycles. The van der Waals surface area contributed by atoms with Crippen molar-refractivity contribution >= 4 is 11.6 Å². The summed E-state index contributed by atoms with van der Waals surface area (Å²) in [4.78, 5) is 2.45. The van der Waals surface area contributed by atoms with Crippen LogP contribution in [0.3, 0.4) is 0 Å². The zero-order chi connectivity index (χ0) is 14.4. The molecule has 0 fully saturated rings. The van der Waals surface area contributed by atoms with Crippen LogP contribution < -0.4 is 0 Å². The topological polar surface area (TPSA) is 23.5 Å². The third-order valence-corrected chi connectivity index (χ3v) is 3.81. The number of rotatable bonds is 7. The minimum atomic E-state index is 0.226. The van der Waals surface area contributed by atoms with E-state index in [0.717, 1.165) is 31.5 Å². The first kappa shape index (κ1) is 16.3. The van der Waals surface area contributed by atoms with Gasteiger partial charge in [-0.1, -0.05) is 51.4 Å². The highest BCUT2D eigenvalue weighted by Crippen LogP contribution is 2.29. The molecular formula is C16H26ClNO. The molecule has 0 saturated heterocycles. The van der Waals surface area contributed by atoms with Gasteiger partial charge in [0.05, 0.1) is 5.02 Å². The molecule has 0 amide bonds. The van der Waals surface area contributed by atoms with E-state index in [9.17, 15) is 5.11 Å². The minimum absolute atomic E-state index is 0.226. The van der Waals surface area contributed by atoms with E-state index in [1.165, 1.54) is 0 Å². The van der Waals surface area contributed by atoms with E-state index in [1.807, 2.05) is 12.1 Å². The van der Waals surface area contributed by atoms with Gasteiger partial charge in [0.25, 0.3) is 0 Å². The van der Waals surface area contributed by atoms with Crippen molar-refractivity contribution < 1.29 is 5.11 Å². The maximum Gasteiger partial charge on any atom is 0.138 e. The molecular weight excluding hydrogens is 258 g/mol. The van der Waals surface area contributed by atoms with Crippen molar-refractivity contribution in [3.63, 3.8) is 0 Å². The zero-order valence-electron chi connectivity index (χ0n) is 12.5. The molecule has 0 aliphatic carbocycles.